The lowest BCUT2D eigenvalue weighted by molar-refractivity contribution is -0.118. The Morgan fingerprint density at radius 3 is 2.66 bits per heavy atom. The van der Waals surface area contributed by atoms with Gasteiger partial charge >= 0.3 is 0 Å². The van der Waals surface area contributed by atoms with Gasteiger partial charge in [-0.15, -0.1) is 11.3 Å². The normalized spacial score (nSPS) is 15.0. The molecule has 0 saturated carbocycles. The van der Waals surface area contributed by atoms with E-state index in [9.17, 15) is 18.0 Å². The number of nitrogens with zero attached hydrogens (tertiary/aromatic N) is 2. The molecule has 35 heavy (non-hydrogen) atoms. The van der Waals surface area contributed by atoms with Crippen molar-refractivity contribution in [3.05, 3.63) is 69.5 Å². The second kappa shape index (κ2) is 10.2. The van der Waals surface area contributed by atoms with Crippen molar-refractivity contribution in [2.75, 3.05) is 16.8 Å². The van der Waals surface area contributed by atoms with Crippen molar-refractivity contribution >= 4 is 78.6 Å². The maximum absolute atomic E-state index is 12.8. The zero-order valence-corrected chi connectivity index (χ0v) is 20.8. The summed E-state index contributed by atoms with van der Waals surface area (Å²) < 4.78 is 28.3. The lowest BCUT2D eigenvalue weighted by atomic mass is 10.2. The van der Waals surface area contributed by atoms with Crippen molar-refractivity contribution in [2.24, 2.45) is 5.14 Å². The van der Waals surface area contributed by atoms with Gasteiger partial charge in [-0.25, -0.2) is 23.4 Å². The van der Waals surface area contributed by atoms with Gasteiger partial charge < -0.3 is 10.1 Å². The molecule has 3 aromatic rings. The summed E-state index contributed by atoms with van der Waals surface area (Å²) in [4.78, 5) is 30.7. The van der Waals surface area contributed by atoms with Gasteiger partial charge in [0.25, 0.3) is 11.8 Å². The molecule has 1 saturated heterocycles. The standard InChI is InChI=1S/C21H16ClN5O5S3/c22-13-1-6-16(32-11-18(28)26-14-2-4-15(5-3-14)35(24,30)31)12(9-13)10-17-19(29)27(20(23)34-17)21-25-7-8-33-21/h1-10,23H,11H2,(H,26,28)(H2,24,30,31)/b17-10-,23-20?. The molecule has 0 bridgehead atoms. The van der Waals surface area contributed by atoms with Gasteiger partial charge in [-0.1, -0.05) is 11.6 Å². The van der Waals surface area contributed by atoms with Gasteiger partial charge in [-0.05, 0) is 60.3 Å². The lowest BCUT2D eigenvalue weighted by Gasteiger charge is -2.11. The Balaban J connectivity index is 1.47. The number of benzene rings is 2. The molecule has 2 aromatic carbocycles. The molecule has 10 nitrogen and oxygen atoms in total. The fourth-order valence-corrected chi connectivity index (χ4v) is 5.19. The van der Waals surface area contributed by atoms with Gasteiger partial charge in [-0.3, -0.25) is 15.0 Å². The van der Waals surface area contributed by atoms with E-state index in [0.29, 0.717) is 27.2 Å². The number of aromatic nitrogens is 1. The molecule has 1 aliphatic heterocycles. The first-order valence-electron chi connectivity index (χ1n) is 9.69. The highest BCUT2D eigenvalue weighted by Gasteiger charge is 2.35. The summed E-state index contributed by atoms with van der Waals surface area (Å²) in [5.41, 5.74) is 0.811. The number of halogens is 1. The van der Waals surface area contributed by atoms with E-state index >= 15 is 0 Å². The number of hydrogen-bond acceptors (Lipinski definition) is 9. The van der Waals surface area contributed by atoms with Crippen LogP contribution in [0, 0.1) is 5.41 Å². The SMILES string of the molecule is N=C1S/C(=C\c2cc(Cl)ccc2OCC(=O)Nc2ccc(S(N)(=O)=O)cc2)C(=O)N1c1nccs1. The molecule has 0 atom stereocenters. The first-order valence-corrected chi connectivity index (χ1v) is 13.3. The molecule has 0 aliphatic carbocycles. The Bertz CT molecular complexity index is 1440. The van der Waals surface area contributed by atoms with E-state index in [2.05, 4.69) is 10.3 Å². The van der Waals surface area contributed by atoms with Crippen molar-refractivity contribution in [1.29, 1.82) is 5.41 Å². The number of nitrogens with one attached hydrogen (secondary N) is 2. The van der Waals surface area contributed by atoms with E-state index in [1.165, 1.54) is 40.5 Å². The van der Waals surface area contributed by atoms with Crippen LogP contribution in [0.4, 0.5) is 10.8 Å². The topological polar surface area (TPSA) is 156 Å². The van der Waals surface area contributed by atoms with Gasteiger partial charge in [0.15, 0.2) is 16.9 Å². The van der Waals surface area contributed by atoms with E-state index in [4.69, 9.17) is 26.9 Å². The second-order valence-corrected chi connectivity index (χ2v) is 10.9. The second-order valence-electron chi connectivity index (χ2n) is 6.96. The quantitative estimate of drug-likeness (QED) is 0.381. The van der Waals surface area contributed by atoms with Gasteiger partial charge in [0.1, 0.15) is 5.75 Å². The highest BCUT2D eigenvalue weighted by molar-refractivity contribution is 8.19. The largest absolute Gasteiger partial charge is 0.483 e. The number of sulfonamides is 1. The van der Waals surface area contributed by atoms with Gasteiger partial charge in [0.2, 0.25) is 10.0 Å². The van der Waals surface area contributed by atoms with Crippen LogP contribution in [-0.4, -0.2) is 37.0 Å². The molecule has 180 valence electrons. The van der Waals surface area contributed by atoms with E-state index in [1.54, 1.807) is 35.9 Å². The van der Waals surface area contributed by atoms with Gasteiger partial charge in [0, 0.05) is 27.9 Å². The molecule has 4 rings (SSSR count). The minimum Gasteiger partial charge on any atom is -0.483 e. The molecule has 2 heterocycles. The fraction of sp³-hybridized carbons (Fsp3) is 0.0476. The van der Waals surface area contributed by atoms with Crippen molar-refractivity contribution in [1.82, 2.24) is 4.98 Å². The number of primary sulfonamides is 1. The summed E-state index contributed by atoms with van der Waals surface area (Å²) in [6.45, 7) is -0.364. The number of amidine groups is 1. The summed E-state index contributed by atoms with van der Waals surface area (Å²) in [5.74, 6) is -0.597. The first kappa shape index (κ1) is 24.9. The number of amides is 2. The Morgan fingerprint density at radius 2 is 2.00 bits per heavy atom. The number of anilines is 2. The Hall–Kier alpha value is -3.23. The smallest absolute Gasteiger partial charge is 0.273 e. The number of carbonyl (C=O) groups is 2. The summed E-state index contributed by atoms with van der Waals surface area (Å²) >= 11 is 8.34. The van der Waals surface area contributed by atoms with Crippen LogP contribution in [-0.2, 0) is 19.6 Å². The van der Waals surface area contributed by atoms with Crippen LogP contribution < -0.4 is 20.1 Å². The van der Waals surface area contributed by atoms with Crippen molar-refractivity contribution in [2.45, 2.75) is 4.90 Å². The van der Waals surface area contributed by atoms with Crippen LogP contribution in [0.3, 0.4) is 0 Å². The van der Waals surface area contributed by atoms with Crippen molar-refractivity contribution in [3.8, 4) is 5.75 Å². The number of rotatable bonds is 7. The molecule has 1 aliphatic rings. The Kier molecular flexibility index (Phi) is 7.23. The molecule has 0 radical (unpaired) electrons. The highest BCUT2D eigenvalue weighted by atomic mass is 35.5. The minimum atomic E-state index is -3.83. The number of thioether (sulfide) groups is 1. The maximum atomic E-state index is 12.8. The molecule has 2 amide bonds. The summed E-state index contributed by atoms with van der Waals surface area (Å²) in [6, 6.07) is 10.1. The van der Waals surface area contributed by atoms with Crippen LogP contribution in [0.1, 0.15) is 5.56 Å². The summed E-state index contributed by atoms with van der Waals surface area (Å²) in [6.07, 6.45) is 3.09. The molecular weight excluding hydrogens is 534 g/mol. The van der Waals surface area contributed by atoms with Crippen LogP contribution >= 0.6 is 34.7 Å². The number of hydrogen-bond donors (Lipinski definition) is 3. The maximum Gasteiger partial charge on any atom is 0.273 e. The highest BCUT2D eigenvalue weighted by Crippen LogP contribution is 2.37. The zero-order chi connectivity index (χ0) is 25.2. The van der Waals surface area contributed by atoms with Gasteiger partial charge in [0.05, 0.1) is 9.80 Å². The Morgan fingerprint density at radius 1 is 1.26 bits per heavy atom. The third kappa shape index (κ3) is 5.89. The number of thiazole rings is 1. The molecule has 0 spiro atoms. The molecule has 14 heteroatoms. The van der Waals surface area contributed by atoms with Crippen LogP contribution in [0.5, 0.6) is 5.75 Å². The third-order valence-electron chi connectivity index (χ3n) is 4.52. The monoisotopic (exact) mass is 549 g/mol. The van der Waals surface area contributed by atoms with Crippen LogP contribution in [0.25, 0.3) is 6.08 Å². The van der Waals surface area contributed by atoms with Crippen LogP contribution in [0.15, 0.2) is 63.8 Å². The number of ether oxygens (including phenoxy) is 1. The summed E-state index contributed by atoms with van der Waals surface area (Å²) in [7, 11) is -3.83. The predicted octanol–water partition coefficient (Wildman–Crippen LogP) is 3.52. The average Bonchev–Trinajstić information content (AvgIpc) is 3.41. The molecular formula is C21H16ClN5O5S3. The third-order valence-corrected chi connectivity index (χ3v) is 7.33. The van der Waals surface area contributed by atoms with Crippen molar-refractivity contribution < 1.29 is 22.7 Å². The number of nitrogens with two attached hydrogens (primary N) is 1. The zero-order valence-electron chi connectivity index (χ0n) is 17.6. The van der Waals surface area contributed by atoms with Crippen LogP contribution in [0.2, 0.25) is 5.02 Å². The minimum absolute atomic E-state index is 0.0218. The molecule has 1 fully saturated rings. The van der Waals surface area contributed by atoms with E-state index in [0.717, 1.165) is 11.8 Å². The van der Waals surface area contributed by atoms with E-state index in [1.807, 2.05) is 0 Å². The predicted molar refractivity (Wildman–Crippen MR) is 136 cm³/mol. The Labute approximate surface area is 213 Å². The van der Waals surface area contributed by atoms with E-state index < -0.39 is 21.8 Å². The fourth-order valence-electron chi connectivity index (χ4n) is 2.96. The van der Waals surface area contributed by atoms with Crippen molar-refractivity contribution in [3.63, 3.8) is 0 Å². The van der Waals surface area contributed by atoms with E-state index in [-0.39, 0.29) is 21.6 Å². The molecule has 4 N–H and O–H groups in total. The lowest BCUT2D eigenvalue weighted by Crippen LogP contribution is -2.27. The average molecular weight is 550 g/mol. The summed E-state index contributed by atoms with van der Waals surface area (Å²) in [5, 5.41) is 18.3. The molecule has 0 unspecified atom stereocenters. The molecule has 1 aromatic heterocycles. The number of carbonyl (C=O) groups excluding carboxylic acids is 2. The first-order chi connectivity index (χ1) is 16.6. The van der Waals surface area contributed by atoms with Gasteiger partial charge in [-0.2, -0.15) is 0 Å².